The zero-order valence-corrected chi connectivity index (χ0v) is 9.21. The van der Waals surface area contributed by atoms with E-state index >= 15 is 0 Å². The van der Waals surface area contributed by atoms with Gasteiger partial charge < -0.3 is 10.3 Å². The number of hydrogen-bond donors (Lipinski definition) is 1. The molecule has 0 amide bonds. The van der Waals surface area contributed by atoms with Crippen LogP contribution in [-0.2, 0) is 6.54 Å². The van der Waals surface area contributed by atoms with Crippen LogP contribution in [-0.4, -0.2) is 4.57 Å². The zero-order chi connectivity index (χ0) is 10.1. The van der Waals surface area contributed by atoms with E-state index in [2.05, 4.69) is 24.5 Å². The van der Waals surface area contributed by atoms with Crippen molar-refractivity contribution in [2.45, 2.75) is 52.1 Å². The van der Waals surface area contributed by atoms with Gasteiger partial charge in [-0.15, -0.1) is 0 Å². The molecule has 2 heteroatoms. The lowest BCUT2D eigenvalue weighted by Crippen LogP contribution is -2.09. The first-order valence-electron chi connectivity index (χ1n) is 5.61. The SMILES string of the molecule is Cc1cc(CN)c(C)n1C1CCCC1. The number of aryl methyl sites for hydroxylation is 1. The highest BCUT2D eigenvalue weighted by Crippen LogP contribution is 2.33. The monoisotopic (exact) mass is 192 g/mol. The quantitative estimate of drug-likeness (QED) is 0.767. The number of aromatic nitrogens is 1. The standard InChI is InChI=1S/C12H20N2/c1-9-7-11(8-13)10(2)14(9)12-5-3-4-6-12/h7,12H,3-6,8,13H2,1-2H3. The van der Waals surface area contributed by atoms with Crippen molar-refractivity contribution < 1.29 is 0 Å². The van der Waals surface area contributed by atoms with E-state index in [1.165, 1.54) is 42.6 Å². The van der Waals surface area contributed by atoms with Crippen LogP contribution in [0.1, 0.15) is 48.7 Å². The second kappa shape index (κ2) is 3.77. The molecule has 14 heavy (non-hydrogen) atoms. The molecule has 1 heterocycles. The van der Waals surface area contributed by atoms with E-state index in [0.29, 0.717) is 6.54 Å². The molecule has 78 valence electrons. The van der Waals surface area contributed by atoms with Crippen LogP contribution in [0.25, 0.3) is 0 Å². The van der Waals surface area contributed by atoms with Crippen molar-refractivity contribution in [3.8, 4) is 0 Å². The van der Waals surface area contributed by atoms with Gasteiger partial charge in [0.1, 0.15) is 0 Å². The summed E-state index contributed by atoms with van der Waals surface area (Å²) in [5.74, 6) is 0. The third kappa shape index (κ3) is 1.48. The van der Waals surface area contributed by atoms with Gasteiger partial charge in [0.05, 0.1) is 0 Å². The normalized spacial score (nSPS) is 17.9. The average molecular weight is 192 g/mol. The third-order valence-electron chi connectivity index (χ3n) is 3.50. The smallest absolute Gasteiger partial charge is 0.0335 e. The van der Waals surface area contributed by atoms with Gasteiger partial charge in [-0.2, -0.15) is 0 Å². The Morgan fingerprint density at radius 2 is 2.00 bits per heavy atom. The van der Waals surface area contributed by atoms with Crippen molar-refractivity contribution in [2.75, 3.05) is 0 Å². The van der Waals surface area contributed by atoms with Gasteiger partial charge in [0.2, 0.25) is 0 Å². The maximum Gasteiger partial charge on any atom is 0.0335 e. The van der Waals surface area contributed by atoms with Crippen LogP contribution >= 0.6 is 0 Å². The van der Waals surface area contributed by atoms with Gasteiger partial charge in [0, 0.05) is 24.0 Å². The lowest BCUT2D eigenvalue weighted by atomic mass is 10.2. The predicted molar refractivity (Wildman–Crippen MR) is 59.3 cm³/mol. The first-order chi connectivity index (χ1) is 6.74. The Labute approximate surface area is 86.1 Å². The molecule has 1 aliphatic carbocycles. The van der Waals surface area contributed by atoms with Crippen LogP contribution in [0.4, 0.5) is 0 Å². The topological polar surface area (TPSA) is 30.9 Å². The molecule has 1 aromatic rings. The van der Waals surface area contributed by atoms with Gasteiger partial charge in [-0.25, -0.2) is 0 Å². The number of nitrogens with zero attached hydrogens (tertiary/aromatic N) is 1. The zero-order valence-electron chi connectivity index (χ0n) is 9.21. The van der Waals surface area contributed by atoms with Crippen molar-refractivity contribution in [3.63, 3.8) is 0 Å². The third-order valence-corrected chi connectivity index (χ3v) is 3.50. The molecule has 1 saturated carbocycles. The molecule has 0 aromatic carbocycles. The summed E-state index contributed by atoms with van der Waals surface area (Å²) in [6.07, 6.45) is 5.47. The Bertz CT molecular complexity index is 319. The summed E-state index contributed by atoms with van der Waals surface area (Å²) in [5.41, 5.74) is 9.80. The highest BCUT2D eigenvalue weighted by molar-refractivity contribution is 5.27. The van der Waals surface area contributed by atoms with Crippen molar-refractivity contribution >= 4 is 0 Å². The van der Waals surface area contributed by atoms with Gasteiger partial charge in [-0.3, -0.25) is 0 Å². The van der Waals surface area contributed by atoms with Crippen molar-refractivity contribution in [1.29, 1.82) is 0 Å². The highest BCUT2D eigenvalue weighted by Gasteiger charge is 2.20. The Kier molecular flexibility index (Phi) is 2.64. The van der Waals surface area contributed by atoms with Crippen LogP contribution in [0.3, 0.4) is 0 Å². The van der Waals surface area contributed by atoms with E-state index in [1.54, 1.807) is 0 Å². The predicted octanol–water partition coefficient (Wildman–Crippen LogP) is 2.68. The van der Waals surface area contributed by atoms with E-state index in [4.69, 9.17) is 5.73 Å². The average Bonchev–Trinajstić information content (AvgIpc) is 2.74. The Morgan fingerprint density at radius 1 is 1.36 bits per heavy atom. The molecule has 2 nitrogen and oxygen atoms in total. The summed E-state index contributed by atoms with van der Waals surface area (Å²) in [6, 6.07) is 2.99. The molecule has 0 atom stereocenters. The molecule has 1 aliphatic rings. The van der Waals surface area contributed by atoms with E-state index in [9.17, 15) is 0 Å². The maximum absolute atomic E-state index is 5.72. The Hall–Kier alpha value is -0.760. The summed E-state index contributed by atoms with van der Waals surface area (Å²) in [4.78, 5) is 0. The lowest BCUT2D eigenvalue weighted by molar-refractivity contribution is 0.499. The minimum Gasteiger partial charge on any atom is -0.346 e. The van der Waals surface area contributed by atoms with Gasteiger partial charge in [-0.05, 0) is 38.3 Å². The number of rotatable bonds is 2. The van der Waals surface area contributed by atoms with Crippen LogP contribution < -0.4 is 5.73 Å². The van der Waals surface area contributed by atoms with Crippen molar-refractivity contribution in [1.82, 2.24) is 4.57 Å². The summed E-state index contributed by atoms with van der Waals surface area (Å²) in [7, 11) is 0. The summed E-state index contributed by atoms with van der Waals surface area (Å²) in [5, 5.41) is 0. The number of hydrogen-bond acceptors (Lipinski definition) is 1. The summed E-state index contributed by atoms with van der Waals surface area (Å²) < 4.78 is 2.50. The van der Waals surface area contributed by atoms with Gasteiger partial charge in [0.15, 0.2) is 0 Å². The molecule has 0 aliphatic heterocycles. The first kappa shape index (κ1) is 9.78. The molecular formula is C12H20N2. The molecule has 0 saturated heterocycles. The fraction of sp³-hybridized carbons (Fsp3) is 0.667. The molecule has 1 fully saturated rings. The molecule has 2 N–H and O–H groups in total. The summed E-state index contributed by atoms with van der Waals surface area (Å²) in [6.45, 7) is 5.07. The second-order valence-electron chi connectivity index (χ2n) is 4.41. The molecule has 2 rings (SSSR count). The lowest BCUT2D eigenvalue weighted by Gasteiger charge is -2.17. The van der Waals surface area contributed by atoms with Crippen LogP contribution in [0.2, 0.25) is 0 Å². The minimum absolute atomic E-state index is 0.673. The van der Waals surface area contributed by atoms with E-state index in [0.717, 1.165) is 6.04 Å². The van der Waals surface area contributed by atoms with E-state index < -0.39 is 0 Å². The second-order valence-corrected chi connectivity index (χ2v) is 4.41. The Morgan fingerprint density at radius 3 is 2.50 bits per heavy atom. The molecule has 0 spiro atoms. The van der Waals surface area contributed by atoms with E-state index in [-0.39, 0.29) is 0 Å². The highest BCUT2D eigenvalue weighted by atomic mass is 15.0. The van der Waals surface area contributed by atoms with E-state index in [1.807, 2.05) is 0 Å². The molecular weight excluding hydrogens is 172 g/mol. The van der Waals surface area contributed by atoms with Crippen molar-refractivity contribution in [2.24, 2.45) is 5.73 Å². The minimum atomic E-state index is 0.673. The molecule has 0 bridgehead atoms. The van der Waals surface area contributed by atoms with Crippen molar-refractivity contribution in [3.05, 3.63) is 23.0 Å². The molecule has 0 radical (unpaired) electrons. The van der Waals surface area contributed by atoms with Gasteiger partial charge >= 0.3 is 0 Å². The maximum atomic E-state index is 5.72. The van der Waals surface area contributed by atoms with Gasteiger partial charge in [-0.1, -0.05) is 12.8 Å². The summed E-state index contributed by atoms with van der Waals surface area (Å²) >= 11 is 0. The Balaban J connectivity index is 2.35. The van der Waals surface area contributed by atoms with Crippen LogP contribution in [0.15, 0.2) is 6.07 Å². The fourth-order valence-electron chi connectivity index (χ4n) is 2.78. The fourth-order valence-corrected chi connectivity index (χ4v) is 2.78. The largest absolute Gasteiger partial charge is 0.346 e. The first-order valence-corrected chi connectivity index (χ1v) is 5.61. The van der Waals surface area contributed by atoms with Crippen LogP contribution in [0.5, 0.6) is 0 Å². The van der Waals surface area contributed by atoms with Gasteiger partial charge in [0.25, 0.3) is 0 Å². The van der Waals surface area contributed by atoms with Crippen LogP contribution in [0, 0.1) is 13.8 Å². The number of nitrogens with two attached hydrogens (primary N) is 1. The molecule has 0 unspecified atom stereocenters. The molecule has 1 aromatic heterocycles.